The number of carbonyl (C=O) groups excluding carboxylic acids is 1. The van der Waals surface area contributed by atoms with E-state index in [1.807, 2.05) is 30.9 Å². The van der Waals surface area contributed by atoms with Crippen molar-refractivity contribution in [1.82, 2.24) is 10.2 Å². The Balaban J connectivity index is 2.29. The van der Waals surface area contributed by atoms with Gasteiger partial charge < -0.3 is 9.64 Å². The van der Waals surface area contributed by atoms with Crippen LogP contribution in [0.4, 0.5) is 0 Å². The summed E-state index contributed by atoms with van der Waals surface area (Å²) in [5.41, 5.74) is 2.22. The summed E-state index contributed by atoms with van der Waals surface area (Å²) < 4.78 is 5.30. The normalized spacial score (nSPS) is 22.4. The van der Waals surface area contributed by atoms with Crippen LogP contribution in [0.1, 0.15) is 44.0 Å². The van der Waals surface area contributed by atoms with Crippen LogP contribution in [0.5, 0.6) is 5.75 Å². The highest BCUT2D eigenvalue weighted by atomic mass is 16.5. The zero-order chi connectivity index (χ0) is 14.7. The summed E-state index contributed by atoms with van der Waals surface area (Å²) in [5, 5.41) is 3.44. The molecule has 1 N–H and O–H groups in total. The number of nitrogens with one attached hydrogen (secondary N) is 1. The molecule has 1 aromatic carbocycles. The number of amides is 1. The predicted octanol–water partition coefficient (Wildman–Crippen LogP) is 2.62. The van der Waals surface area contributed by atoms with E-state index in [4.69, 9.17) is 4.74 Å². The predicted molar refractivity (Wildman–Crippen MR) is 79.7 cm³/mol. The fourth-order valence-corrected chi connectivity index (χ4v) is 2.80. The number of ether oxygens (including phenoxy) is 1. The third-order valence-corrected chi connectivity index (χ3v) is 3.86. The summed E-state index contributed by atoms with van der Waals surface area (Å²) in [5.74, 6) is 1.10. The molecule has 0 aliphatic carbocycles. The molecule has 0 radical (unpaired) electrons. The topological polar surface area (TPSA) is 41.6 Å². The maximum atomic E-state index is 12.4. The second kappa shape index (κ2) is 6.27. The number of hydrogen-bond donors (Lipinski definition) is 1. The molecule has 2 unspecified atom stereocenters. The first-order valence-electron chi connectivity index (χ1n) is 7.33. The molecule has 0 saturated carbocycles. The molecule has 1 fully saturated rings. The largest absolute Gasteiger partial charge is 0.496 e. The molecule has 4 nitrogen and oxygen atoms in total. The van der Waals surface area contributed by atoms with Crippen LogP contribution in [0.15, 0.2) is 18.2 Å². The van der Waals surface area contributed by atoms with Crippen molar-refractivity contribution in [1.29, 1.82) is 0 Å². The van der Waals surface area contributed by atoms with Gasteiger partial charge in [0.2, 0.25) is 5.91 Å². The Kier molecular flexibility index (Phi) is 4.65. The van der Waals surface area contributed by atoms with Gasteiger partial charge in [-0.05, 0) is 43.0 Å². The lowest BCUT2D eigenvalue weighted by Gasteiger charge is -2.24. The van der Waals surface area contributed by atoms with Crippen molar-refractivity contribution in [3.63, 3.8) is 0 Å². The smallest absolute Gasteiger partial charge is 0.241 e. The molecule has 0 bridgehead atoms. The van der Waals surface area contributed by atoms with Gasteiger partial charge in [-0.1, -0.05) is 19.9 Å². The zero-order valence-corrected chi connectivity index (χ0v) is 12.8. The summed E-state index contributed by atoms with van der Waals surface area (Å²) in [6, 6.07) is 6.05. The first-order chi connectivity index (χ1) is 9.62. The Morgan fingerprint density at radius 1 is 1.35 bits per heavy atom. The first kappa shape index (κ1) is 14.9. The minimum absolute atomic E-state index is 0.0167. The first-order valence-corrected chi connectivity index (χ1v) is 7.33. The lowest BCUT2D eigenvalue weighted by Crippen LogP contribution is -2.31. The minimum atomic E-state index is -0.0612. The van der Waals surface area contributed by atoms with E-state index in [0.717, 1.165) is 36.3 Å². The van der Waals surface area contributed by atoms with E-state index in [0.29, 0.717) is 0 Å². The third-order valence-electron chi connectivity index (χ3n) is 3.86. The molecule has 110 valence electrons. The summed E-state index contributed by atoms with van der Waals surface area (Å²) in [7, 11) is 1.68. The van der Waals surface area contributed by atoms with Crippen molar-refractivity contribution < 1.29 is 9.53 Å². The fourth-order valence-electron chi connectivity index (χ4n) is 2.80. The highest BCUT2D eigenvalue weighted by Gasteiger charge is 2.37. The molecule has 1 amide bonds. The summed E-state index contributed by atoms with van der Waals surface area (Å²) in [4.78, 5) is 14.3. The van der Waals surface area contributed by atoms with Crippen molar-refractivity contribution in [2.45, 2.75) is 45.8 Å². The number of hydrogen-bond acceptors (Lipinski definition) is 3. The molecular weight excluding hydrogens is 252 g/mol. The number of carbonyl (C=O) groups is 1. The van der Waals surface area contributed by atoms with E-state index in [-0.39, 0.29) is 18.1 Å². The van der Waals surface area contributed by atoms with Crippen molar-refractivity contribution in [3.8, 4) is 5.75 Å². The minimum Gasteiger partial charge on any atom is -0.496 e. The van der Waals surface area contributed by atoms with Gasteiger partial charge in [0, 0.05) is 6.54 Å². The quantitative estimate of drug-likeness (QED) is 0.899. The fraction of sp³-hybridized carbons (Fsp3) is 0.562. The van der Waals surface area contributed by atoms with Gasteiger partial charge in [-0.2, -0.15) is 0 Å². The van der Waals surface area contributed by atoms with E-state index in [1.54, 1.807) is 7.11 Å². The van der Waals surface area contributed by atoms with Crippen molar-refractivity contribution >= 4 is 5.91 Å². The van der Waals surface area contributed by atoms with Crippen LogP contribution in [0.3, 0.4) is 0 Å². The van der Waals surface area contributed by atoms with Gasteiger partial charge in [0.1, 0.15) is 11.9 Å². The molecule has 1 aromatic rings. The second-order valence-corrected chi connectivity index (χ2v) is 5.29. The monoisotopic (exact) mass is 276 g/mol. The number of methoxy groups -OCH3 is 1. The van der Waals surface area contributed by atoms with E-state index >= 15 is 0 Å². The van der Waals surface area contributed by atoms with E-state index in [2.05, 4.69) is 18.3 Å². The van der Waals surface area contributed by atoms with Crippen LogP contribution < -0.4 is 10.1 Å². The molecule has 2 atom stereocenters. The standard InChI is InChI=1S/C16H24N2O2/c1-5-9-18-15(17-13(6-2)16(18)19)12-7-8-14(20-4)11(3)10-12/h7-8,10,13,15,17H,5-6,9H2,1-4H3. The van der Waals surface area contributed by atoms with Gasteiger partial charge >= 0.3 is 0 Å². The molecular formula is C16H24N2O2. The maximum Gasteiger partial charge on any atom is 0.241 e. The highest BCUT2D eigenvalue weighted by Crippen LogP contribution is 2.29. The second-order valence-electron chi connectivity index (χ2n) is 5.29. The van der Waals surface area contributed by atoms with Crippen LogP contribution in [0, 0.1) is 6.92 Å². The average molecular weight is 276 g/mol. The van der Waals surface area contributed by atoms with Gasteiger partial charge in [0.05, 0.1) is 13.2 Å². The van der Waals surface area contributed by atoms with Crippen LogP contribution >= 0.6 is 0 Å². The maximum absolute atomic E-state index is 12.4. The number of benzene rings is 1. The molecule has 1 aliphatic rings. The highest BCUT2D eigenvalue weighted by molar-refractivity contribution is 5.84. The van der Waals surface area contributed by atoms with Gasteiger partial charge in [0.15, 0.2) is 0 Å². The van der Waals surface area contributed by atoms with E-state index in [9.17, 15) is 4.79 Å². The number of nitrogens with zero attached hydrogens (tertiary/aromatic N) is 1. The Bertz CT molecular complexity index is 487. The third kappa shape index (κ3) is 2.66. The average Bonchev–Trinajstić information content (AvgIpc) is 2.76. The number of rotatable bonds is 5. The SMILES string of the molecule is CCCN1C(=O)C(CC)NC1c1ccc(OC)c(C)c1. The summed E-state index contributed by atoms with van der Waals surface area (Å²) in [6.45, 7) is 6.96. The molecule has 20 heavy (non-hydrogen) atoms. The van der Waals surface area contributed by atoms with Gasteiger partial charge in [-0.3, -0.25) is 10.1 Å². The Morgan fingerprint density at radius 2 is 2.10 bits per heavy atom. The Hall–Kier alpha value is -1.55. The zero-order valence-electron chi connectivity index (χ0n) is 12.8. The van der Waals surface area contributed by atoms with Crippen molar-refractivity contribution in [2.24, 2.45) is 0 Å². The van der Waals surface area contributed by atoms with Crippen LogP contribution in [-0.2, 0) is 4.79 Å². The summed E-state index contributed by atoms with van der Waals surface area (Å²) in [6.07, 6.45) is 1.78. The Labute approximate surface area is 121 Å². The molecule has 2 rings (SSSR count). The van der Waals surface area contributed by atoms with E-state index in [1.165, 1.54) is 0 Å². The molecule has 1 aliphatic heterocycles. The van der Waals surface area contributed by atoms with Gasteiger partial charge in [0.25, 0.3) is 0 Å². The molecule has 1 saturated heterocycles. The van der Waals surface area contributed by atoms with Crippen LogP contribution in [0.2, 0.25) is 0 Å². The van der Waals surface area contributed by atoms with Crippen molar-refractivity contribution in [3.05, 3.63) is 29.3 Å². The molecule has 1 heterocycles. The van der Waals surface area contributed by atoms with Crippen LogP contribution in [0.25, 0.3) is 0 Å². The van der Waals surface area contributed by atoms with Gasteiger partial charge in [-0.25, -0.2) is 0 Å². The van der Waals surface area contributed by atoms with E-state index < -0.39 is 0 Å². The van der Waals surface area contributed by atoms with Crippen molar-refractivity contribution in [2.75, 3.05) is 13.7 Å². The molecule has 0 spiro atoms. The van der Waals surface area contributed by atoms with Gasteiger partial charge in [-0.15, -0.1) is 0 Å². The van der Waals surface area contributed by atoms with Crippen LogP contribution in [-0.4, -0.2) is 30.5 Å². The molecule has 4 heteroatoms. The lowest BCUT2D eigenvalue weighted by atomic mass is 10.1. The Morgan fingerprint density at radius 3 is 2.65 bits per heavy atom. The molecule has 0 aromatic heterocycles. The summed E-state index contributed by atoms with van der Waals surface area (Å²) >= 11 is 0. The number of aryl methyl sites for hydroxylation is 1. The lowest BCUT2D eigenvalue weighted by molar-refractivity contribution is -0.130.